The molecule has 1 heterocycles. The number of hydrogen-bond donors (Lipinski definition) is 1. The molecule has 2 N–H and O–H groups in total. The predicted octanol–water partition coefficient (Wildman–Crippen LogP) is 4.06. The van der Waals surface area contributed by atoms with E-state index in [9.17, 15) is 4.79 Å². The third kappa shape index (κ3) is 3.19. The molecule has 0 aliphatic carbocycles. The number of Topliss-reactive ketones (excluding diaryl/α,β-unsaturated/α-hetero) is 1. The fourth-order valence-corrected chi connectivity index (χ4v) is 2.89. The maximum atomic E-state index is 11.9. The van der Waals surface area contributed by atoms with Crippen LogP contribution in [0.1, 0.15) is 34.1 Å². The number of nitrogens with two attached hydrogens (primary N) is 1. The van der Waals surface area contributed by atoms with Crippen molar-refractivity contribution < 1.29 is 4.79 Å². The predicted molar refractivity (Wildman–Crippen MR) is 76.3 cm³/mol. The molecule has 2 aromatic rings. The normalized spacial score (nSPS) is 12.3. The van der Waals surface area contributed by atoms with Crippen molar-refractivity contribution in [1.29, 1.82) is 0 Å². The first-order valence-electron chi connectivity index (χ1n) is 5.75. The average molecular weight is 280 g/mol. The summed E-state index contributed by atoms with van der Waals surface area (Å²) in [6, 6.07) is 11.5. The van der Waals surface area contributed by atoms with E-state index in [1.807, 2.05) is 35.7 Å². The van der Waals surface area contributed by atoms with Gasteiger partial charge in [0.25, 0.3) is 0 Å². The van der Waals surface area contributed by atoms with Crippen molar-refractivity contribution >= 4 is 28.7 Å². The van der Waals surface area contributed by atoms with Crippen LogP contribution in [0.25, 0.3) is 0 Å². The van der Waals surface area contributed by atoms with Gasteiger partial charge in [-0.25, -0.2) is 0 Å². The van der Waals surface area contributed by atoms with Crippen LogP contribution in [0.3, 0.4) is 0 Å². The second-order valence-electron chi connectivity index (χ2n) is 4.08. The Morgan fingerprint density at radius 1 is 1.28 bits per heavy atom. The second-order valence-corrected chi connectivity index (χ2v) is 5.40. The number of carbonyl (C=O) groups excluding carboxylic acids is 1. The summed E-state index contributed by atoms with van der Waals surface area (Å²) in [6.07, 6.45) is 1.06. The zero-order valence-corrected chi connectivity index (χ0v) is 11.4. The first kappa shape index (κ1) is 13.3. The largest absolute Gasteiger partial charge is 0.324 e. The lowest BCUT2D eigenvalue weighted by Gasteiger charge is -2.10. The highest BCUT2D eigenvalue weighted by Gasteiger charge is 2.14. The Balaban J connectivity index is 1.93. The van der Waals surface area contributed by atoms with Gasteiger partial charge < -0.3 is 5.73 Å². The van der Waals surface area contributed by atoms with E-state index in [-0.39, 0.29) is 11.8 Å². The lowest BCUT2D eigenvalue weighted by molar-refractivity contribution is 0.0981. The number of rotatable bonds is 5. The number of halogens is 1. The molecule has 0 bridgehead atoms. The zero-order valence-electron chi connectivity index (χ0n) is 9.80. The Morgan fingerprint density at radius 2 is 2.00 bits per heavy atom. The van der Waals surface area contributed by atoms with Crippen LogP contribution in [-0.4, -0.2) is 5.78 Å². The minimum absolute atomic E-state index is 0.0707. The van der Waals surface area contributed by atoms with Crippen molar-refractivity contribution in [3.05, 3.63) is 57.2 Å². The average Bonchev–Trinajstić information content (AvgIpc) is 2.83. The molecule has 4 heteroatoms. The molecule has 0 spiro atoms. The summed E-state index contributed by atoms with van der Waals surface area (Å²) in [4.78, 5) is 12.6. The van der Waals surface area contributed by atoms with E-state index in [4.69, 9.17) is 17.3 Å². The molecule has 1 aromatic heterocycles. The summed E-state index contributed by atoms with van der Waals surface area (Å²) in [5.74, 6) is 0.0707. The van der Waals surface area contributed by atoms with Crippen molar-refractivity contribution in [2.24, 2.45) is 5.73 Å². The Bertz CT molecular complexity index is 524. The molecule has 2 rings (SSSR count). The highest BCUT2D eigenvalue weighted by molar-refractivity contribution is 7.12. The van der Waals surface area contributed by atoms with E-state index in [1.54, 1.807) is 6.07 Å². The van der Waals surface area contributed by atoms with Crippen molar-refractivity contribution in [2.75, 3.05) is 0 Å². The summed E-state index contributed by atoms with van der Waals surface area (Å²) >= 11 is 7.31. The molecule has 1 unspecified atom stereocenters. The minimum atomic E-state index is -0.103. The standard InChI is InChI=1S/C14H14ClNOS/c15-11-8-9-18-14(11)13(17)7-6-12(16)10-4-2-1-3-5-10/h1-5,8-9,12H,6-7,16H2. The Kier molecular flexibility index (Phi) is 4.53. The number of ketones is 1. The van der Waals surface area contributed by atoms with Gasteiger partial charge in [0.1, 0.15) is 0 Å². The molecule has 1 atom stereocenters. The molecule has 0 aliphatic rings. The van der Waals surface area contributed by atoms with Crippen molar-refractivity contribution in [3.63, 3.8) is 0 Å². The van der Waals surface area contributed by atoms with E-state index < -0.39 is 0 Å². The van der Waals surface area contributed by atoms with Crippen LogP contribution in [0.15, 0.2) is 41.8 Å². The van der Waals surface area contributed by atoms with Gasteiger partial charge >= 0.3 is 0 Å². The van der Waals surface area contributed by atoms with E-state index >= 15 is 0 Å². The lowest BCUT2D eigenvalue weighted by atomic mass is 10.0. The number of carbonyl (C=O) groups is 1. The monoisotopic (exact) mass is 279 g/mol. The van der Waals surface area contributed by atoms with Gasteiger partial charge in [-0.05, 0) is 23.4 Å². The quantitative estimate of drug-likeness (QED) is 0.839. The second kappa shape index (κ2) is 6.14. The molecule has 1 aromatic carbocycles. The minimum Gasteiger partial charge on any atom is -0.324 e. The maximum Gasteiger partial charge on any atom is 0.174 e. The van der Waals surface area contributed by atoms with E-state index in [0.29, 0.717) is 22.7 Å². The lowest BCUT2D eigenvalue weighted by Crippen LogP contribution is -2.12. The van der Waals surface area contributed by atoms with Gasteiger partial charge in [0, 0.05) is 12.5 Å². The van der Waals surface area contributed by atoms with Gasteiger partial charge in [0.15, 0.2) is 5.78 Å². The van der Waals surface area contributed by atoms with Gasteiger partial charge in [-0.2, -0.15) is 0 Å². The fraction of sp³-hybridized carbons (Fsp3) is 0.214. The summed E-state index contributed by atoms with van der Waals surface area (Å²) in [5.41, 5.74) is 7.11. The SMILES string of the molecule is NC(CCC(=O)c1sccc1Cl)c1ccccc1. The van der Waals surface area contributed by atoms with E-state index in [0.717, 1.165) is 5.56 Å². The molecule has 18 heavy (non-hydrogen) atoms. The highest BCUT2D eigenvalue weighted by atomic mass is 35.5. The van der Waals surface area contributed by atoms with Crippen LogP contribution >= 0.6 is 22.9 Å². The molecule has 0 saturated carbocycles. The smallest absolute Gasteiger partial charge is 0.174 e. The summed E-state index contributed by atoms with van der Waals surface area (Å²) in [5, 5.41) is 2.37. The van der Waals surface area contributed by atoms with Crippen molar-refractivity contribution in [2.45, 2.75) is 18.9 Å². The third-order valence-corrected chi connectivity index (χ3v) is 4.16. The van der Waals surface area contributed by atoms with Crippen molar-refractivity contribution in [3.8, 4) is 0 Å². The van der Waals surface area contributed by atoms with Crippen LogP contribution in [0.2, 0.25) is 5.02 Å². The van der Waals surface area contributed by atoms with Gasteiger partial charge in [-0.15, -0.1) is 11.3 Å². The van der Waals surface area contributed by atoms with Gasteiger partial charge in [-0.3, -0.25) is 4.79 Å². The molecular weight excluding hydrogens is 266 g/mol. The van der Waals surface area contributed by atoms with Crippen LogP contribution in [0, 0.1) is 0 Å². The molecular formula is C14H14ClNOS. The van der Waals surface area contributed by atoms with Crippen LogP contribution in [0.5, 0.6) is 0 Å². The van der Waals surface area contributed by atoms with Crippen LogP contribution in [-0.2, 0) is 0 Å². The Morgan fingerprint density at radius 3 is 2.61 bits per heavy atom. The Hall–Kier alpha value is -1.16. The van der Waals surface area contributed by atoms with E-state index in [2.05, 4.69) is 0 Å². The number of hydrogen-bond acceptors (Lipinski definition) is 3. The molecule has 94 valence electrons. The fourth-order valence-electron chi connectivity index (χ4n) is 1.76. The number of thiophene rings is 1. The first-order chi connectivity index (χ1) is 8.68. The summed E-state index contributed by atoms with van der Waals surface area (Å²) in [6.45, 7) is 0. The van der Waals surface area contributed by atoms with Crippen molar-refractivity contribution in [1.82, 2.24) is 0 Å². The summed E-state index contributed by atoms with van der Waals surface area (Å²) in [7, 11) is 0. The van der Waals surface area contributed by atoms with Gasteiger partial charge in [0.2, 0.25) is 0 Å². The highest BCUT2D eigenvalue weighted by Crippen LogP contribution is 2.25. The molecule has 0 fully saturated rings. The third-order valence-electron chi connectivity index (χ3n) is 2.78. The molecule has 0 radical (unpaired) electrons. The van der Waals surface area contributed by atoms with Gasteiger partial charge in [-0.1, -0.05) is 41.9 Å². The molecule has 0 saturated heterocycles. The maximum absolute atomic E-state index is 11.9. The topological polar surface area (TPSA) is 43.1 Å². The van der Waals surface area contributed by atoms with Gasteiger partial charge in [0.05, 0.1) is 9.90 Å². The first-order valence-corrected chi connectivity index (χ1v) is 7.01. The van der Waals surface area contributed by atoms with Crippen LogP contribution < -0.4 is 5.73 Å². The number of benzene rings is 1. The summed E-state index contributed by atoms with van der Waals surface area (Å²) < 4.78 is 0. The zero-order chi connectivity index (χ0) is 13.0. The molecule has 2 nitrogen and oxygen atoms in total. The molecule has 0 amide bonds. The Labute approximate surface area is 115 Å². The molecule has 0 aliphatic heterocycles. The van der Waals surface area contributed by atoms with E-state index in [1.165, 1.54) is 11.3 Å². The van der Waals surface area contributed by atoms with Crippen LogP contribution in [0.4, 0.5) is 0 Å².